The molecule has 0 rings (SSSR count). The number of nitrogens with zero attached hydrogens (tertiary/aromatic N) is 2. The van der Waals surface area contributed by atoms with Crippen molar-refractivity contribution >= 4 is 127 Å². The van der Waals surface area contributed by atoms with E-state index < -0.39 is 6.16 Å². The van der Waals surface area contributed by atoms with Crippen LogP contribution in [0.3, 0.4) is 0 Å². The molecule has 304 valence electrons. The van der Waals surface area contributed by atoms with E-state index in [2.05, 4.69) is 221 Å². The summed E-state index contributed by atoms with van der Waals surface area (Å²) in [5.41, 5.74) is 64.7. The van der Waals surface area contributed by atoms with E-state index in [1.807, 2.05) is 0 Å². The first-order valence-electron chi connectivity index (χ1n) is 14.3. The largest absolute Gasteiger partial charge is 0.652 e. The minimum atomic E-state index is -2.33. The highest BCUT2D eigenvalue weighted by atomic mass is 32.1. The number of carbonyl (C=O) groups is 1. The molecule has 0 saturated heterocycles. The van der Waals surface area contributed by atoms with Crippen molar-refractivity contribution < 1.29 is 24.0 Å². The van der Waals surface area contributed by atoms with Crippen LogP contribution in [0.2, 0.25) is 0 Å². The Bertz CT molecular complexity index is 637. The molecule has 0 aliphatic carbocycles. The van der Waals surface area contributed by atoms with Crippen LogP contribution in [0.15, 0.2) is 0 Å². The summed E-state index contributed by atoms with van der Waals surface area (Å²) in [6.07, 6.45) is -2.33. The van der Waals surface area contributed by atoms with E-state index in [0.29, 0.717) is 0 Å². The van der Waals surface area contributed by atoms with Crippen LogP contribution >= 0.6 is 85.5 Å². The molecule has 28 N–H and O–H groups in total. The minimum Gasteiger partial charge on any atom is -0.652 e. The summed E-state index contributed by atoms with van der Waals surface area (Å²) >= 11 is 28.6. The van der Waals surface area contributed by atoms with Gasteiger partial charge in [-0.3, -0.25) is 0 Å². The van der Waals surface area contributed by atoms with Crippen LogP contribution in [-0.2, 0) is 0 Å². The maximum atomic E-state index is 8.33. The van der Waals surface area contributed by atoms with Crippen molar-refractivity contribution in [2.75, 3.05) is 52.4 Å². The molecule has 0 spiro atoms. The monoisotopic (exact) mass is 852 g/mol. The molecule has 26 heteroatoms. The van der Waals surface area contributed by atoms with Crippen molar-refractivity contribution in [1.82, 2.24) is 0 Å². The minimum absolute atomic E-state index is 0.000000000000000222. The fraction of sp³-hybridized carbons (Fsp3) is 0.667. The number of hydrogen-bond donors (Lipinski definition) is 14. The van der Waals surface area contributed by atoms with Gasteiger partial charge < -0.3 is 104 Å². The maximum absolute atomic E-state index is 8.33. The summed E-state index contributed by atoms with van der Waals surface area (Å²) in [7, 11) is 0. The number of quaternary nitrogens is 2. The zero-order chi connectivity index (χ0) is 43.3. The predicted molar refractivity (Wildman–Crippen MR) is 237 cm³/mol. The molecule has 0 fully saturated rings. The maximum Gasteiger partial charge on any atom is 0.160 e. The van der Waals surface area contributed by atoms with Gasteiger partial charge >= 0.3 is 0 Å². The lowest BCUT2D eigenvalue weighted by Gasteiger charge is -2.34. The molecule has 50 heavy (non-hydrogen) atoms. The van der Waals surface area contributed by atoms with Gasteiger partial charge in [0.2, 0.25) is 0 Å². The highest BCUT2D eigenvalue weighted by Crippen LogP contribution is 2.04. The molecule has 0 amide bonds. The summed E-state index contributed by atoms with van der Waals surface area (Å²) in [6.45, 7) is 28.4. The van der Waals surface area contributed by atoms with E-state index in [-0.39, 0.29) is 35.8 Å². The van der Waals surface area contributed by atoms with Gasteiger partial charge in [0.05, 0.1) is 52.4 Å². The van der Waals surface area contributed by atoms with E-state index in [1.54, 1.807) is 0 Å². The molecule has 0 atom stereocenters. The Balaban J connectivity index is -0.0000000456. The van der Waals surface area contributed by atoms with Gasteiger partial charge in [-0.2, -0.15) is 0 Å². The average molecular weight is 853 g/mol. The first kappa shape index (κ1) is 72.7. The number of thiocarbonyl (C=S) groups is 7. The zero-order valence-corrected chi connectivity index (χ0v) is 36.4. The molecule has 0 aliphatic heterocycles. The summed E-state index contributed by atoms with van der Waals surface area (Å²) in [5, 5.41) is 16.7. The molecular weight excluding hydrogens is 785 g/mol. The van der Waals surface area contributed by atoms with Crippen LogP contribution in [-0.4, -0.2) is 103 Å². The molecule has 0 aromatic rings. The van der Waals surface area contributed by atoms with Crippen molar-refractivity contribution in [2.45, 2.75) is 55.4 Å². The molecule has 0 saturated carbocycles. The Labute approximate surface area is 337 Å². The molecule has 0 radical (unpaired) electrons. The highest BCUT2D eigenvalue weighted by Gasteiger charge is 2.16. The molecule has 0 heterocycles. The average Bonchev–Trinajstić information content (AvgIpc) is 2.90. The van der Waals surface area contributed by atoms with Crippen LogP contribution in [0.25, 0.3) is 0 Å². The van der Waals surface area contributed by atoms with Gasteiger partial charge in [-0.15, -0.1) is 0 Å². The van der Waals surface area contributed by atoms with Gasteiger partial charge in [-0.25, -0.2) is 0 Å². The Morgan fingerprint density at radius 3 is 0.380 bits per heavy atom. The third kappa shape index (κ3) is 197. The smallest absolute Gasteiger partial charge is 0.160 e. The van der Waals surface area contributed by atoms with Gasteiger partial charge in [-0.05, 0) is 147 Å². The van der Waals surface area contributed by atoms with Crippen molar-refractivity contribution in [2.24, 2.45) is 80.3 Å². The molecule has 0 aliphatic rings. The molecular formula is C24H68N16O3S7. The van der Waals surface area contributed by atoms with E-state index in [1.165, 1.54) is 61.3 Å². The first-order chi connectivity index (χ1) is 22.3. The van der Waals surface area contributed by atoms with Gasteiger partial charge in [0.1, 0.15) is 0 Å². The lowest BCUT2D eigenvalue weighted by Crippen LogP contribution is -2.47. The number of hydrogen-bond acceptors (Lipinski definition) is 10. The number of nitrogens with two attached hydrogens (primary N) is 14. The van der Waals surface area contributed by atoms with Gasteiger partial charge in [0, 0.05) is 0 Å². The van der Waals surface area contributed by atoms with Crippen LogP contribution in [0.1, 0.15) is 55.4 Å². The number of rotatable bonds is 8. The fourth-order valence-corrected chi connectivity index (χ4v) is 2.68. The van der Waals surface area contributed by atoms with E-state index >= 15 is 0 Å². The predicted octanol–water partition coefficient (Wildman–Crippen LogP) is -4.36. The highest BCUT2D eigenvalue weighted by molar-refractivity contribution is 7.81. The quantitative estimate of drug-likeness (QED) is 0.0810. The normalized spacial score (nSPS) is 8.16. The van der Waals surface area contributed by atoms with Crippen LogP contribution in [0.5, 0.6) is 0 Å². The second kappa shape index (κ2) is 55.4. The third-order valence-electron chi connectivity index (χ3n) is 5.37. The second-order valence-electron chi connectivity index (χ2n) is 8.28. The van der Waals surface area contributed by atoms with Crippen LogP contribution in [0, 0.1) is 0 Å². The topological polar surface area (TPSA) is 427 Å². The number of carboxylic acid groups (broad SMARTS) is 2. The fourth-order valence-electron chi connectivity index (χ4n) is 2.68. The Morgan fingerprint density at radius 2 is 0.380 bits per heavy atom. The van der Waals surface area contributed by atoms with Crippen LogP contribution in [0.4, 0.5) is 4.79 Å². The van der Waals surface area contributed by atoms with E-state index in [9.17, 15) is 0 Å². The second-order valence-corrected chi connectivity index (χ2v) is 11.6. The van der Waals surface area contributed by atoms with Crippen molar-refractivity contribution in [3.05, 3.63) is 0 Å². The van der Waals surface area contributed by atoms with Crippen molar-refractivity contribution in [3.63, 3.8) is 0 Å². The Kier molecular flexibility index (Phi) is 80.6. The molecule has 0 aromatic carbocycles. The number of carbonyl (C=O) groups excluding carboxylic acids is 1. The third-order valence-corrected chi connectivity index (χ3v) is 5.37. The molecule has 0 bridgehead atoms. The van der Waals surface area contributed by atoms with Crippen molar-refractivity contribution in [3.8, 4) is 0 Å². The summed E-state index contributed by atoms with van der Waals surface area (Å²) in [6, 6.07) is 0. The first-order valence-corrected chi connectivity index (χ1v) is 17.1. The van der Waals surface area contributed by atoms with E-state index in [0.717, 1.165) is 0 Å². The lowest BCUT2D eigenvalue weighted by molar-refractivity contribution is -0.921. The summed E-state index contributed by atoms with van der Waals surface area (Å²) in [4.78, 5) is 8.33. The van der Waals surface area contributed by atoms with Gasteiger partial charge in [-0.1, -0.05) is 0 Å². The Morgan fingerprint density at radius 1 is 0.340 bits per heavy atom. The van der Waals surface area contributed by atoms with E-state index in [4.69, 9.17) is 15.0 Å². The summed E-state index contributed by atoms with van der Waals surface area (Å²) in [5.74, 6) is 0. The molecule has 19 nitrogen and oxygen atoms in total. The molecule has 0 aromatic heterocycles. The summed E-state index contributed by atoms with van der Waals surface area (Å²) < 4.78 is 2.56. The molecule has 0 unspecified atom stereocenters. The lowest BCUT2D eigenvalue weighted by atomic mass is 10.3. The van der Waals surface area contributed by atoms with Gasteiger partial charge in [0.25, 0.3) is 0 Å². The van der Waals surface area contributed by atoms with Crippen molar-refractivity contribution in [1.29, 1.82) is 0 Å². The Hall–Kier alpha value is -2.98. The SMILES string of the molecule is CC[N+](CC)(CC)CC.CC[N+](CC)(CC)CC.NC(N)=S.NC(N)=S.NC(N)=S.NC(N)=S.NC(N)=S.NC(N)=S.NC(N)=S.O=C([O-])[O-]. The zero-order valence-electron chi connectivity index (χ0n) is 30.7. The standard InChI is InChI=1S/2C8H20N.7CH4N2S.CH2O3/c2*1-5-9(6-2,7-3)8-4;8*2-1(3)4/h2*5-8H2,1-4H3;7*(H4,2,3,4);(H2,2,3,4)/q2*+1;;;;;;;;/p-2. The van der Waals surface area contributed by atoms with Gasteiger partial charge in [0.15, 0.2) is 35.8 Å². The van der Waals surface area contributed by atoms with Crippen LogP contribution < -0.4 is 90.5 Å².